The van der Waals surface area contributed by atoms with E-state index in [0.29, 0.717) is 6.54 Å². The van der Waals surface area contributed by atoms with Crippen LogP contribution in [0.15, 0.2) is 109 Å². The minimum Gasteiger partial charge on any atom is -0.297 e. The number of unbranched alkanes of at least 4 members (excludes halogenated alkanes) is 8. The fraction of sp³-hybridized carbons (Fsp3) is 0.447. The van der Waals surface area contributed by atoms with Gasteiger partial charge in [0.2, 0.25) is 0 Å². The average Bonchev–Trinajstić information content (AvgIpc) is 3.18. The Bertz CT molecular complexity index is 1530. The molecule has 0 saturated carbocycles. The van der Waals surface area contributed by atoms with Crippen LogP contribution >= 0.6 is 0 Å². The van der Waals surface area contributed by atoms with Gasteiger partial charge < -0.3 is 0 Å². The molecule has 1 aliphatic rings. The quantitative estimate of drug-likeness (QED) is 0.0764. The number of nitrogens with zero attached hydrogens (tertiary/aromatic N) is 5. The summed E-state index contributed by atoms with van der Waals surface area (Å²) in [7, 11) is 0. The van der Waals surface area contributed by atoms with E-state index in [1.54, 1.807) is 0 Å². The molecule has 2 aromatic carbocycles. The first-order valence-electron chi connectivity index (χ1n) is 20.4. The predicted octanol–water partition coefficient (Wildman–Crippen LogP) is 13.0. The normalized spacial score (nSPS) is 12.6. The van der Waals surface area contributed by atoms with Crippen LogP contribution in [0.2, 0.25) is 0 Å². The van der Waals surface area contributed by atoms with E-state index in [9.17, 15) is 0 Å². The van der Waals surface area contributed by atoms with Crippen molar-refractivity contribution in [3.63, 3.8) is 0 Å². The molecule has 52 heavy (non-hydrogen) atoms. The molecule has 5 nitrogen and oxygen atoms in total. The minimum atomic E-state index is 0.660. The Balaban J connectivity index is 1.45. The van der Waals surface area contributed by atoms with Gasteiger partial charge in [-0.05, 0) is 122 Å². The summed E-state index contributed by atoms with van der Waals surface area (Å²) in [5.41, 5.74) is 8.77. The van der Waals surface area contributed by atoms with Crippen molar-refractivity contribution in [3.8, 4) is 0 Å². The van der Waals surface area contributed by atoms with Crippen LogP contribution in [0.1, 0.15) is 127 Å². The summed E-state index contributed by atoms with van der Waals surface area (Å²) in [6.45, 7) is 9.71. The number of hydrogen-bond acceptors (Lipinski definition) is 5. The number of aromatic nitrogens is 2. The average molecular weight is 698 g/mol. The highest BCUT2D eigenvalue weighted by molar-refractivity contribution is 5.67. The van der Waals surface area contributed by atoms with Gasteiger partial charge in [-0.2, -0.15) is 0 Å². The van der Waals surface area contributed by atoms with Crippen LogP contribution in [-0.2, 0) is 25.7 Å². The fourth-order valence-corrected chi connectivity index (χ4v) is 6.98. The SMILES string of the molecule is CCCCCc1ccc(N(C2=CC=CN(N(c3ccc(CCCCC)cc3)c3ccc(CCCCC)cn3)C2)c2ccc(CCCCC)cn2)cc1. The largest absolute Gasteiger partial charge is 0.297 e. The van der Waals surface area contributed by atoms with E-state index in [-0.39, 0.29) is 0 Å². The number of anilines is 4. The summed E-state index contributed by atoms with van der Waals surface area (Å²) in [4.78, 5) is 12.5. The Morgan fingerprint density at radius 2 is 0.942 bits per heavy atom. The van der Waals surface area contributed by atoms with Gasteiger partial charge in [0.1, 0.15) is 5.82 Å². The summed E-state index contributed by atoms with van der Waals surface area (Å²) in [6.07, 6.45) is 29.9. The third-order valence-corrected chi connectivity index (χ3v) is 10.1. The van der Waals surface area contributed by atoms with E-state index in [2.05, 4.69) is 146 Å². The number of benzene rings is 2. The molecule has 0 spiro atoms. The maximum Gasteiger partial charge on any atom is 0.151 e. The first kappa shape index (κ1) is 38.8. The third kappa shape index (κ3) is 11.3. The van der Waals surface area contributed by atoms with E-state index in [4.69, 9.17) is 9.97 Å². The maximum absolute atomic E-state index is 5.08. The van der Waals surface area contributed by atoms with Crippen molar-refractivity contribution in [1.82, 2.24) is 15.0 Å². The summed E-state index contributed by atoms with van der Waals surface area (Å²) >= 11 is 0. The second kappa shape index (κ2) is 21.2. The number of rotatable bonds is 22. The van der Waals surface area contributed by atoms with Gasteiger partial charge in [-0.25, -0.2) is 15.0 Å². The fourth-order valence-electron chi connectivity index (χ4n) is 6.98. The smallest absolute Gasteiger partial charge is 0.151 e. The predicted molar refractivity (Wildman–Crippen MR) is 222 cm³/mol. The molecule has 0 amide bonds. The molecule has 0 aliphatic carbocycles. The highest BCUT2D eigenvalue weighted by Crippen LogP contribution is 2.34. The zero-order valence-electron chi connectivity index (χ0n) is 32.6. The van der Waals surface area contributed by atoms with Crippen molar-refractivity contribution in [1.29, 1.82) is 0 Å². The van der Waals surface area contributed by atoms with E-state index in [0.717, 1.165) is 54.4 Å². The number of aryl methyl sites for hydroxylation is 4. The van der Waals surface area contributed by atoms with E-state index in [1.807, 2.05) is 0 Å². The standard InChI is InChI=1S/C47H63N5/c1-5-9-13-18-39-23-29-43(30-24-39)51(46-33-27-41(36-48-46)20-15-11-7-3)45-22-17-35-50(38-45)52(44-31-25-40(26-32-44)19-14-10-6-2)47-34-28-42(37-49-47)21-16-12-8-4/h17,22-37H,5-16,18-21,38H2,1-4H3. The lowest BCUT2D eigenvalue weighted by Crippen LogP contribution is -2.40. The van der Waals surface area contributed by atoms with Crippen LogP contribution < -0.4 is 9.91 Å². The summed E-state index contributed by atoms with van der Waals surface area (Å²) in [6, 6.07) is 27.2. The molecule has 0 radical (unpaired) electrons. The van der Waals surface area contributed by atoms with Gasteiger partial charge in [-0.3, -0.25) is 9.91 Å². The van der Waals surface area contributed by atoms with Gasteiger partial charge in [0, 0.05) is 30.0 Å². The molecule has 0 saturated heterocycles. The van der Waals surface area contributed by atoms with Crippen molar-refractivity contribution in [2.45, 2.75) is 130 Å². The third-order valence-electron chi connectivity index (χ3n) is 10.1. The maximum atomic E-state index is 5.08. The number of allylic oxidation sites excluding steroid dienone is 2. The first-order valence-corrected chi connectivity index (χ1v) is 20.4. The van der Waals surface area contributed by atoms with Crippen LogP contribution in [0, 0.1) is 0 Å². The molecule has 3 heterocycles. The van der Waals surface area contributed by atoms with Crippen molar-refractivity contribution in [2.24, 2.45) is 0 Å². The van der Waals surface area contributed by atoms with E-state index >= 15 is 0 Å². The molecule has 5 rings (SSSR count). The molecule has 276 valence electrons. The topological polar surface area (TPSA) is 35.5 Å². The Morgan fingerprint density at radius 3 is 1.40 bits per heavy atom. The Kier molecular flexibility index (Phi) is 15.8. The highest BCUT2D eigenvalue weighted by Gasteiger charge is 2.25. The molecule has 4 aromatic rings. The Labute approximate surface area is 315 Å². The number of pyridine rings is 2. The summed E-state index contributed by atoms with van der Waals surface area (Å²) in [5.74, 6) is 1.86. The van der Waals surface area contributed by atoms with Crippen molar-refractivity contribution < 1.29 is 0 Å². The van der Waals surface area contributed by atoms with E-state index < -0.39 is 0 Å². The number of hydrogen-bond donors (Lipinski definition) is 0. The lowest BCUT2D eigenvalue weighted by molar-refractivity contribution is 0.404. The molecule has 0 fully saturated rings. The highest BCUT2D eigenvalue weighted by atomic mass is 15.6. The van der Waals surface area contributed by atoms with Crippen molar-refractivity contribution >= 4 is 23.0 Å². The van der Waals surface area contributed by atoms with Crippen LogP contribution in [0.3, 0.4) is 0 Å². The van der Waals surface area contributed by atoms with Crippen LogP contribution in [0.4, 0.5) is 23.0 Å². The van der Waals surface area contributed by atoms with Gasteiger partial charge in [0.25, 0.3) is 0 Å². The molecule has 2 aromatic heterocycles. The molecule has 0 unspecified atom stereocenters. The van der Waals surface area contributed by atoms with Gasteiger partial charge in [0.15, 0.2) is 5.82 Å². The second-order valence-corrected chi connectivity index (χ2v) is 14.5. The molecular weight excluding hydrogens is 635 g/mol. The van der Waals surface area contributed by atoms with Gasteiger partial charge >= 0.3 is 0 Å². The molecular formula is C47H63N5. The monoisotopic (exact) mass is 698 g/mol. The summed E-state index contributed by atoms with van der Waals surface area (Å²) in [5, 5.41) is 4.57. The van der Waals surface area contributed by atoms with Crippen LogP contribution in [0.5, 0.6) is 0 Å². The second-order valence-electron chi connectivity index (χ2n) is 14.5. The zero-order chi connectivity index (χ0) is 36.4. The molecule has 0 bridgehead atoms. The minimum absolute atomic E-state index is 0.660. The lowest BCUT2D eigenvalue weighted by Gasteiger charge is -2.39. The van der Waals surface area contributed by atoms with Crippen LogP contribution in [-0.4, -0.2) is 21.5 Å². The van der Waals surface area contributed by atoms with E-state index in [1.165, 1.54) is 99.3 Å². The van der Waals surface area contributed by atoms with Crippen molar-refractivity contribution in [3.05, 3.63) is 131 Å². The van der Waals surface area contributed by atoms with Gasteiger partial charge in [-0.15, -0.1) is 0 Å². The Hall–Kier alpha value is -4.38. The zero-order valence-corrected chi connectivity index (χ0v) is 32.6. The van der Waals surface area contributed by atoms with Gasteiger partial charge in [0.05, 0.1) is 12.2 Å². The first-order chi connectivity index (χ1) is 25.6. The molecule has 1 aliphatic heterocycles. The van der Waals surface area contributed by atoms with Gasteiger partial charge in [-0.1, -0.05) is 115 Å². The Morgan fingerprint density at radius 1 is 0.500 bits per heavy atom. The lowest BCUT2D eigenvalue weighted by atomic mass is 10.1. The molecule has 0 atom stereocenters. The molecule has 0 N–H and O–H groups in total. The number of hydrazine groups is 1. The summed E-state index contributed by atoms with van der Waals surface area (Å²) < 4.78 is 0. The van der Waals surface area contributed by atoms with Crippen LogP contribution in [0.25, 0.3) is 0 Å². The molecule has 5 heteroatoms. The van der Waals surface area contributed by atoms with Crippen molar-refractivity contribution in [2.75, 3.05) is 16.5 Å².